The van der Waals surface area contributed by atoms with E-state index in [2.05, 4.69) is 10.6 Å². The van der Waals surface area contributed by atoms with Crippen LogP contribution < -0.4 is 15.4 Å². The monoisotopic (exact) mass is 703 g/mol. The predicted octanol–water partition coefficient (Wildman–Crippen LogP) is 5.56. The molecule has 13 heteroatoms. The molecule has 1 saturated heterocycles. The van der Waals surface area contributed by atoms with Crippen molar-refractivity contribution in [1.29, 1.82) is 0 Å². The van der Waals surface area contributed by atoms with Gasteiger partial charge in [-0.25, -0.2) is 19.6 Å². The molecule has 50 heavy (non-hydrogen) atoms. The Kier molecular flexibility index (Phi) is 10.4. The Morgan fingerprint density at radius 3 is 2.58 bits per heavy atom. The first-order chi connectivity index (χ1) is 24.0. The zero-order chi connectivity index (χ0) is 35.5. The van der Waals surface area contributed by atoms with Crippen LogP contribution in [0.2, 0.25) is 0 Å². The highest BCUT2D eigenvalue weighted by Crippen LogP contribution is 2.46. The number of ether oxygens (including phenoxy) is 3. The number of aromatic nitrogens is 2. The first-order valence-electron chi connectivity index (χ1n) is 17.4. The van der Waals surface area contributed by atoms with E-state index in [1.54, 1.807) is 27.7 Å². The van der Waals surface area contributed by atoms with Crippen molar-refractivity contribution in [3.05, 3.63) is 53.9 Å². The zero-order valence-corrected chi connectivity index (χ0v) is 29.8. The van der Waals surface area contributed by atoms with Crippen molar-refractivity contribution in [2.45, 2.75) is 102 Å². The SMILES string of the molecule is CCOC(=O)[C@@]12C[C@H]1C=CCCCCC[C@H](NC(=O)OC(C)(C)C)C(=O)N1C[C@H](Oc3nc4ccccc4nc3-c3cccs3)C[C@H]1C(=O)N2. The van der Waals surface area contributed by atoms with Crippen molar-refractivity contribution >= 4 is 46.2 Å². The van der Waals surface area contributed by atoms with E-state index >= 15 is 0 Å². The Bertz CT molecular complexity index is 1760. The van der Waals surface area contributed by atoms with Gasteiger partial charge in [-0.05, 0) is 77.0 Å². The summed E-state index contributed by atoms with van der Waals surface area (Å²) in [6.45, 7) is 7.22. The van der Waals surface area contributed by atoms with Crippen LogP contribution >= 0.6 is 11.3 Å². The molecule has 1 aromatic carbocycles. The molecule has 0 spiro atoms. The van der Waals surface area contributed by atoms with E-state index in [1.807, 2.05) is 53.9 Å². The number of nitrogens with zero attached hydrogens (tertiary/aromatic N) is 3. The van der Waals surface area contributed by atoms with E-state index in [-0.39, 0.29) is 25.5 Å². The number of carbonyl (C=O) groups excluding carboxylic acids is 4. The van der Waals surface area contributed by atoms with Crippen LogP contribution in [0.3, 0.4) is 0 Å². The predicted molar refractivity (Wildman–Crippen MR) is 188 cm³/mol. The standard InChI is InChI=1S/C37H45N5O7S/c1-5-47-34(45)37-21-23(37)14-9-7-6-8-10-17-27(40-35(46)49-36(2,3)4)33(44)42-22-24(20-28(42)31(43)41-37)48-32-30(29-18-13-19-50-29)38-25-15-11-12-16-26(25)39-32/h9,11-16,18-19,23-24,27-28H,5-8,10,17,20-22H2,1-4H3,(H,40,46)(H,41,43)/t23-,24-,27+,28+,37-/m1/s1. The molecule has 3 amide bonds. The van der Waals surface area contributed by atoms with Crippen molar-refractivity contribution in [3.8, 4) is 16.5 Å². The number of nitrogens with one attached hydrogen (secondary N) is 2. The lowest BCUT2D eigenvalue weighted by molar-refractivity contribution is -0.150. The first kappa shape index (κ1) is 35.3. The minimum Gasteiger partial charge on any atom is -0.471 e. The average molecular weight is 704 g/mol. The van der Waals surface area contributed by atoms with Gasteiger partial charge in [0.1, 0.15) is 35.0 Å². The number of hydrogen-bond acceptors (Lipinski definition) is 10. The summed E-state index contributed by atoms with van der Waals surface area (Å²) in [6, 6.07) is 9.44. The second-order valence-corrected chi connectivity index (χ2v) is 15.0. The van der Waals surface area contributed by atoms with Gasteiger partial charge in [0, 0.05) is 12.3 Å². The normalized spacial score (nSPS) is 25.8. The van der Waals surface area contributed by atoms with Crippen LogP contribution in [-0.4, -0.2) is 81.2 Å². The van der Waals surface area contributed by atoms with Crippen molar-refractivity contribution in [3.63, 3.8) is 0 Å². The Morgan fingerprint density at radius 2 is 1.86 bits per heavy atom. The summed E-state index contributed by atoms with van der Waals surface area (Å²) >= 11 is 1.50. The molecule has 2 aromatic heterocycles. The van der Waals surface area contributed by atoms with Gasteiger partial charge in [0.25, 0.3) is 0 Å². The number of fused-ring (bicyclic) bond motifs is 3. The molecule has 4 heterocycles. The van der Waals surface area contributed by atoms with Crippen LogP contribution in [0.25, 0.3) is 21.6 Å². The van der Waals surface area contributed by atoms with Gasteiger partial charge in [-0.2, -0.15) is 0 Å². The summed E-state index contributed by atoms with van der Waals surface area (Å²) in [6.07, 6.45) is 6.76. The number of amides is 3. The largest absolute Gasteiger partial charge is 0.471 e. The molecule has 0 bridgehead atoms. The van der Waals surface area contributed by atoms with E-state index < -0.39 is 53.2 Å². The summed E-state index contributed by atoms with van der Waals surface area (Å²) in [5.41, 5.74) is -0.0443. The fourth-order valence-corrected chi connectivity index (χ4v) is 7.35. The second kappa shape index (κ2) is 14.8. The van der Waals surface area contributed by atoms with Gasteiger partial charge < -0.3 is 29.7 Å². The van der Waals surface area contributed by atoms with Crippen LogP contribution in [0.15, 0.2) is 53.9 Å². The van der Waals surface area contributed by atoms with Gasteiger partial charge in [0.15, 0.2) is 0 Å². The highest BCUT2D eigenvalue weighted by molar-refractivity contribution is 7.13. The second-order valence-electron chi connectivity index (χ2n) is 14.1. The molecule has 3 aliphatic rings. The summed E-state index contributed by atoms with van der Waals surface area (Å²) in [7, 11) is 0. The van der Waals surface area contributed by atoms with Crippen LogP contribution in [0.4, 0.5) is 4.79 Å². The average Bonchev–Trinajstić information content (AvgIpc) is 3.38. The molecule has 0 radical (unpaired) electrons. The molecular weight excluding hydrogens is 659 g/mol. The number of alkyl carbamates (subject to hydrolysis) is 1. The number of hydrogen-bond donors (Lipinski definition) is 2. The maximum atomic E-state index is 14.4. The van der Waals surface area contributed by atoms with E-state index in [0.29, 0.717) is 41.9 Å². The third-order valence-corrected chi connectivity index (χ3v) is 10.0. The number of thiophene rings is 1. The van der Waals surface area contributed by atoms with Gasteiger partial charge in [-0.1, -0.05) is 43.2 Å². The molecule has 2 N–H and O–H groups in total. The summed E-state index contributed by atoms with van der Waals surface area (Å²) in [5, 5.41) is 7.72. The molecule has 6 rings (SSSR count). The van der Waals surface area contributed by atoms with Gasteiger partial charge in [0.05, 0.1) is 29.1 Å². The van der Waals surface area contributed by atoms with Crippen LogP contribution in [0, 0.1) is 5.92 Å². The van der Waals surface area contributed by atoms with Crippen molar-refractivity contribution in [2.75, 3.05) is 13.2 Å². The highest BCUT2D eigenvalue weighted by atomic mass is 32.1. The fraction of sp³-hybridized carbons (Fsp3) is 0.514. The molecule has 2 fully saturated rings. The number of esters is 1. The minimum absolute atomic E-state index is 0.0531. The number of allylic oxidation sites excluding steroid dienone is 1. The molecule has 2 aliphatic heterocycles. The Morgan fingerprint density at radius 1 is 1.08 bits per heavy atom. The molecule has 3 aromatic rings. The van der Waals surface area contributed by atoms with E-state index in [9.17, 15) is 19.2 Å². The van der Waals surface area contributed by atoms with Gasteiger partial charge in [-0.15, -0.1) is 11.3 Å². The van der Waals surface area contributed by atoms with Crippen molar-refractivity contribution in [1.82, 2.24) is 25.5 Å². The van der Waals surface area contributed by atoms with Crippen LogP contribution in [0.1, 0.15) is 72.6 Å². The Balaban J connectivity index is 1.33. The summed E-state index contributed by atoms with van der Waals surface area (Å²) in [4.78, 5) is 66.9. The third-order valence-electron chi connectivity index (χ3n) is 9.14. The topological polar surface area (TPSA) is 149 Å². The molecule has 266 valence electrons. The van der Waals surface area contributed by atoms with Crippen LogP contribution in [-0.2, 0) is 23.9 Å². The number of rotatable bonds is 6. The smallest absolute Gasteiger partial charge is 0.408 e. The zero-order valence-electron chi connectivity index (χ0n) is 29.0. The molecule has 0 unspecified atom stereocenters. The first-order valence-corrected chi connectivity index (χ1v) is 18.3. The fourth-order valence-electron chi connectivity index (χ4n) is 6.64. The summed E-state index contributed by atoms with van der Waals surface area (Å²) < 4.78 is 17.5. The van der Waals surface area contributed by atoms with E-state index in [1.165, 1.54) is 16.2 Å². The molecule has 5 atom stereocenters. The van der Waals surface area contributed by atoms with E-state index in [0.717, 1.165) is 24.1 Å². The van der Waals surface area contributed by atoms with E-state index in [4.69, 9.17) is 24.2 Å². The Labute approximate surface area is 296 Å². The van der Waals surface area contributed by atoms with Crippen molar-refractivity contribution < 1.29 is 33.4 Å². The molecule has 1 saturated carbocycles. The number of para-hydroxylation sites is 2. The lowest BCUT2D eigenvalue weighted by Crippen LogP contribution is -2.56. The quantitative estimate of drug-likeness (QED) is 0.249. The maximum Gasteiger partial charge on any atom is 0.408 e. The Hall–Kier alpha value is -4.52. The lowest BCUT2D eigenvalue weighted by atomic mass is 10.0. The lowest BCUT2D eigenvalue weighted by Gasteiger charge is -2.30. The minimum atomic E-state index is -1.21. The molecule has 1 aliphatic carbocycles. The maximum absolute atomic E-state index is 14.4. The molecular formula is C37H45N5O7S. The third kappa shape index (κ3) is 7.93. The molecule has 12 nitrogen and oxygen atoms in total. The van der Waals surface area contributed by atoms with Gasteiger partial charge in [-0.3, -0.25) is 9.59 Å². The summed E-state index contributed by atoms with van der Waals surface area (Å²) in [5.74, 6) is -1.31. The number of benzene rings is 1. The van der Waals surface area contributed by atoms with Gasteiger partial charge in [0.2, 0.25) is 17.7 Å². The number of carbonyl (C=O) groups is 4. The van der Waals surface area contributed by atoms with Gasteiger partial charge >= 0.3 is 12.1 Å². The van der Waals surface area contributed by atoms with Crippen LogP contribution in [0.5, 0.6) is 5.88 Å². The van der Waals surface area contributed by atoms with Crippen molar-refractivity contribution in [2.24, 2.45) is 5.92 Å². The highest BCUT2D eigenvalue weighted by Gasteiger charge is 2.62.